The second-order valence-corrected chi connectivity index (χ2v) is 22.2. The Bertz CT molecular complexity index is 1450. The van der Waals surface area contributed by atoms with E-state index in [-0.39, 0.29) is 57.0 Å². The third-order valence-corrected chi connectivity index (χ3v) is 19.0. The number of aliphatic hydroxyl groups excluding tert-OH is 1. The van der Waals surface area contributed by atoms with E-state index in [1.807, 2.05) is 0 Å². The molecule has 1 saturated heterocycles. The zero-order valence-electron chi connectivity index (χ0n) is 34.8. The number of ether oxygens (including phenoxy) is 1. The smallest absolute Gasteiger partial charge is 0.309 e. The molecule has 1 amide bonds. The predicted octanol–water partition coefficient (Wildman–Crippen LogP) is 8.59. The first-order valence-corrected chi connectivity index (χ1v) is 21.8. The van der Waals surface area contributed by atoms with Gasteiger partial charge in [0.1, 0.15) is 12.3 Å². The second kappa shape index (κ2) is 13.2. The number of nitrogens with one attached hydrogen (secondary N) is 1. The number of likely N-dealkylation sites (tertiary alicyclic amines) is 1. The van der Waals surface area contributed by atoms with Crippen LogP contribution in [0.2, 0.25) is 0 Å². The van der Waals surface area contributed by atoms with Gasteiger partial charge in [-0.05, 0) is 143 Å². The third-order valence-electron chi connectivity index (χ3n) is 19.0. The van der Waals surface area contributed by atoms with Crippen molar-refractivity contribution < 1.29 is 29.3 Å². The van der Waals surface area contributed by atoms with Crippen LogP contribution in [0.25, 0.3) is 0 Å². The van der Waals surface area contributed by atoms with Crippen molar-refractivity contribution in [2.45, 2.75) is 183 Å². The Morgan fingerprint density at radius 2 is 1.47 bits per heavy atom. The van der Waals surface area contributed by atoms with Gasteiger partial charge in [-0.2, -0.15) is 0 Å². The molecule has 300 valence electrons. The van der Waals surface area contributed by atoms with E-state index < -0.39 is 23.6 Å². The van der Waals surface area contributed by atoms with Gasteiger partial charge in [-0.15, -0.1) is 0 Å². The molecule has 53 heavy (non-hydrogen) atoms. The van der Waals surface area contributed by atoms with E-state index in [4.69, 9.17) is 4.74 Å². The summed E-state index contributed by atoms with van der Waals surface area (Å²) >= 11 is 0. The summed E-state index contributed by atoms with van der Waals surface area (Å²) < 4.78 is 6.18. The van der Waals surface area contributed by atoms with Crippen LogP contribution in [0, 0.1) is 67.5 Å². The van der Waals surface area contributed by atoms with Gasteiger partial charge in [0.15, 0.2) is 0 Å². The Morgan fingerprint density at radius 1 is 0.774 bits per heavy atom. The molecule has 7 aliphatic rings. The van der Waals surface area contributed by atoms with E-state index in [0.717, 1.165) is 70.9 Å². The first-order chi connectivity index (χ1) is 24.6. The van der Waals surface area contributed by atoms with Gasteiger partial charge in [0.05, 0.1) is 17.3 Å². The number of amides is 1. The summed E-state index contributed by atoms with van der Waals surface area (Å²) in [6.45, 7) is 22.1. The molecule has 1 aliphatic heterocycles. The minimum atomic E-state index is -1.14. The molecule has 0 aromatic heterocycles. The van der Waals surface area contributed by atoms with Crippen LogP contribution >= 0.6 is 0 Å². The lowest BCUT2D eigenvalue weighted by Crippen LogP contribution is -2.68. The summed E-state index contributed by atoms with van der Waals surface area (Å²) in [5.74, 6) is 1.14. The average Bonchev–Trinajstić information content (AvgIpc) is 3.53. The number of rotatable bonds is 8. The van der Waals surface area contributed by atoms with Gasteiger partial charge in [-0.1, -0.05) is 61.3 Å². The monoisotopic (exact) mass is 739 g/mol. The number of carbonyl (C=O) groups excluding carboxylic acids is 2. The number of aliphatic hydroxyl groups is 1. The van der Waals surface area contributed by atoms with Crippen LogP contribution < -0.4 is 5.32 Å². The molecule has 7 fully saturated rings. The Morgan fingerprint density at radius 3 is 2.13 bits per heavy atom. The highest BCUT2D eigenvalue weighted by atomic mass is 16.5. The molecule has 3 N–H and O–H groups in total. The summed E-state index contributed by atoms with van der Waals surface area (Å²) in [6, 6.07) is 0.119. The molecule has 0 bridgehead atoms. The number of esters is 1. The topological polar surface area (TPSA) is 116 Å². The fourth-order valence-electron chi connectivity index (χ4n) is 15.2. The Labute approximate surface area is 320 Å². The van der Waals surface area contributed by atoms with Crippen molar-refractivity contribution in [2.75, 3.05) is 13.1 Å². The maximum absolute atomic E-state index is 14.7. The van der Waals surface area contributed by atoms with E-state index >= 15 is 0 Å². The molecule has 8 nitrogen and oxygen atoms in total. The van der Waals surface area contributed by atoms with E-state index in [1.165, 1.54) is 38.5 Å². The molecular formula is C45H74N2O6. The van der Waals surface area contributed by atoms with Crippen molar-refractivity contribution in [1.82, 2.24) is 10.2 Å². The Balaban J connectivity index is 1.05. The number of fused-ring (bicyclic) bond motifs is 7. The number of piperidine rings is 1. The molecule has 0 spiro atoms. The number of carbonyl (C=O) groups is 3. The standard InChI is InChI=1S/C45H74N2O6/c1-39(2,38(51)52)27-35(48)53-34-18-20-42(7)31(41(34,5)6)17-21-44(9)32(42)16-15-28-29-14-13-19-45(29,23-22-43(28,44)8)37(50)46-33-26-30(40(33,3)4)36(49)47-24-11-10-12-25-47/h28-34,36,49H,10-27H2,1-9H3,(H,46,50)(H,51,52)/t28?,29?,30-,31?,32?,33-,34+,36?,42+,43-,44-,45+/m1/s1. The normalized spacial score (nSPS) is 45.3. The lowest BCUT2D eigenvalue weighted by Gasteiger charge is -2.72. The van der Waals surface area contributed by atoms with Crippen LogP contribution in [0.5, 0.6) is 0 Å². The van der Waals surface area contributed by atoms with Gasteiger partial charge in [-0.25, -0.2) is 0 Å². The van der Waals surface area contributed by atoms with Gasteiger partial charge in [-0.3, -0.25) is 19.3 Å². The highest BCUT2D eigenvalue weighted by Gasteiger charge is 2.71. The summed E-state index contributed by atoms with van der Waals surface area (Å²) in [4.78, 5) is 41.8. The first-order valence-electron chi connectivity index (χ1n) is 21.8. The van der Waals surface area contributed by atoms with Gasteiger partial charge in [0.2, 0.25) is 5.91 Å². The summed E-state index contributed by atoms with van der Waals surface area (Å²) in [5, 5.41) is 24.6. The van der Waals surface area contributed by atoms with Crippen LogP contribution in [-0.2, 0) is 19.1 Å². The van der Waals surface area contributed by atoms with Crippen molar-refractivity contribution in [3.63, 3.8) is 0 Å². The zero-order chi connectivity index (χ0) is 38.6. The average molecular weight is 739 g/mol. The largest absolute Gasteiger partial charge is 0.481 e. The molecule has 5 unspecified atom stereocenters. The van der Waals surface area contributed by atoms with Crippen LogP contribution in [0.4, 0.5) is 0 Å². The van der Waals surface area contributed by atoms with E-state index in [9.17, 15) is 24.6 Å². The lowest BCUT2D eigenvalue weighted by atomic mass is 9.32. The van der Waals surface area contributed by atoms with Crippen LogP contribution in [0.1, 0.15) is 165 Å². The van der Waals surface area contributed by atoms with E-state index in [2.05, 4.69) is 58.7 Å². The molecule has 8 heteroatoms. The Kier molecular flexibility index (Phi) is 9.85. The second-order valence-electron chi connectivity index (χ2n) is 22.2. The van der Waals surface area contributed by atoms with Crippen LogP contribution in [0.15, 0.2) is 0 Å². The Hall–Kier alpha value is -1.67. The van der Waals surface area contributed by atoms with Gasteiger partial charge >= 0.3 is 11.9 Å². The van der Waals surface area contributed by atoms with Crippen molar-refractivity contribution in [3.05, 3.63) is 0 Å². The fraction of sp³-hybridized carbons (Fsp3) is 0.933. The van der Waals surface area contributed by atoms with Gasteiger partial charge < -0.3 is 20.3 Å². The van der Waals surface area contributed by atoms with Crippen molar-refractivity contribution in [2.24, 2.45) is 67.5 Å². The molecule has 0 radical (unpaired) electrons. The quantitative estimate of drug-likeness (QED) is 0.214. The number of aliphatic carboxylic acids is 1. The number of carboxylic acid groups (broad SMARTS) is 1. The summed E-state index contributed by atoms with van der Waals surface area (Å²) in [6.07, 6.45) is 15.7. The summed E-state index contributed by atoms with van der Waals surface area (Å²) in [7, 11) is 0. The van der Waals surface area contributed by atoms with Crippen molar-refractivity contribution in [3.8, 4) is 0 Å². The molecule has 6 saturated carbocycles. The van der Waals surface area contributed by atoms with Crippen LogP contribution in [0.3, 0.4) is 0 Å². The lowest BCUT2D eigenvalue weighted by molar-refractivity contribution is -0.248. The predicted molar refractivity (Wildman–Crippen MR) is 206 cm³/mol. The molecule has 1 heterocycles. The summed E-state index contributed by atoms with van der Waals surface area (Å²) in [5.41, 5.74) is -1.22. The zero-order valence-corrected chi connectivity index (χ0v) is 34.8. The molecular weight excluding hydrogens is 665 g/mol. The van der Waals surface area contributed by atoms with Crippen molar-refractivity contribution >= 4 is 17.8 Å². The maximum atomic E-state index is 14.7. The fourth-order valence-corrected chi connectivity index (χ4v) is 15.2. The highest BCUT2D eigenvalue weighted by Crippen LogP contribution is 2.77. The number of carboxylic acids is 1. The highest BCUT2D eigenvalue weighted by molar-refractivity contribution is 5.84. The number of hydrogen-bond donors (Lipinski definition) is 3. The van der Waals surface area contributed by atoms with Gasteiger partial charge in [0, 0.05) is 30.5 Å². The first kappa shape index (κ1) is 39.6. The molecule has 0 aromatic rings. The minimum Gasteiger partial charge on any atom is -0.481 e. The number of nitrogens with zero attached hydrogens (tertiary/aromatic N) is 1. The van der Waals surface area contributed by atoms with Gasteiger partial charge in [0.25, 0.3) is 0 Å². The maximum Gasteiger partial charge on any atom is 0.309 e. The van der Waals surface area contributed by atoms with Crippen LogP contribution in [-0.4, -0.2) is 64.4 Å². The third kappa shape index (κ3) is 5.89. The van der Waals surface area contributed by atoms with E-state index in [0.29, 0.717) is 29.6 Å². The van der Waals surface area contributed by atoms with E-state index in [1.54, 1.807) is 13.8 Å². The molecule has 0 aromatic carbocycles. The SMILES string of the molecule is CC(C)(CC(=O)O[C@H]1CC[C@@]2(C)C(CC[C@]3(C)C2CCC2C4CCC[C@]4(C(=O)N[C@@H]4C[C@H](C(O)N5CCCCC5)C4(C)C)CC[C@]23C)C1(C)C)C(=O)O. The van der Waals surface area contributed by atoms with Crippen molar-refractivity contribution in [1.29, 1.82) is 0 Å². The molecule has 12 atom stereocenters. The molecule has 6 aliphatic carbocycles. The molecule has 7 rings (SSSR count). The minimum absolute atomic E-state index is 0.112. The number of hydrogen-bond acceptors (Lipinski definition) is 6.